The fourth-order valence-electron chi connectivity index (χ4n) is 2.97. The topological polar surface area (TPSA) is 95.4 Å². The van der Waals surface area contributed by atoms with E-state index in [0.717, 1.165) is 11.1 Å². The molecular weight excluding hydrogens is 344 g/mol. The molecule has 1 amide bonds. The summed E-state index contributed by atoms with van der Waals surface area (Å²) in [6.07, 6.45) is 0.136. The Labute approximate surface area is 158 Å². The summed E-state index contributed by atoms with van der Waals surface area (Å²) in [7, 11) is 1.29. The van der Waals surface area contributed by atoms with Crippen molar-refractivity contribution in [3.63, 3.8) is 0 Å². The Morgan fingerprint density at radius 3 is 2.52 bits per heavy atom. The summed E-state index contributed by atoms with van der Waals surface area (Å²) >= 11 is 0. The molecule has 0 aliphatic heterocycles. The molecule has 0 spiro atoms. The summed E-state index contributed by atoms with van der Waals surface area (Å²) < 4.78 is 4.86. The molecule has 0 aliphatic carbocycles. The number of hydrogen-bond donors (Lipinski definition) is 0. The molecule has 0 saturated carbocycles. The highest BCUT2D eigenvalue weighted by atomic mass is 16.5. The van der Waals surface area contributed by atoms with Crippen LogP contribution in [0.25, 0.3) is 10.4 Å². The molecule has 140 valence electrons. The number of carbonyl (C=O) groups excluding carboxylic acids is 2. The lowest BCUT2D eigenvalue weighted by Crippen LogP contribution is -2.45. The normalized spacial score (nSPS) is 11.2. The van der Waals surface area contributed by atoms with E-state index >= 15 is 0 Å². The molecule has 0 radical (unpaired) electrons. The van der Waals surface area contributed by atoms with Gasteiger partial charge in [-0.3, -0.25) is 9.69 Å². The molecule has 2 aromatic rings. The number of amides is 1. The molecule has 2 aromatic carbocycles. The van der Waals surface area contributed by atoms with E-state index in [-0.39, 0.29) is 18.9 Å². The lowest BCUT2D eigenvalue weighted by molar-refractivity contribution is -0.143. The van der Waals surface area contributed by atoms with E-state index < -0.39 is 12.0 Å². The largest absolute Gasteiger partial charge is 0.467 e. The first kappa shape index (κ1) is 20.0. The second-order valence-electron chi connectivity index (χ2n) is 6.10. The highest BCUT2D eigenvalue weighted by molar-refractivity contribution is 6.01. The van der Waals surface area contributed by atoms with Crippen LogP contribution in [0.3, 0.4) is 0 Å². The SMILES string of the molecule is COC(=O)C(C)N(C(=O)Cc1ccccc1)c1c(C)cccc1CN=[N+]=[N-]. The van der Waals surface area contributed by atoms with Crippen LogP contribution in [0.2, 0.25) is 0 Å². The van der Waals surface area contributed by atoms with Crippen LogP contribution < -0.4 is 4.90 Å². The highest BCUT2D eigenvalue weighted by Crippen LogP contribution is 2.29. The Morgan fingerprint density at radius 1 is 1.19 bits per heavy atom. The van der Waals surface area contributed by atoms with Gasteiger partial charge >= 0.3 is 5.97 Å². The first-order valence-corrected chi connectivity index (χ1v) is 8.52. The van der Waals surface area contributed by atoms with Gasteiger partial charge in [0, 0.05) is 4.91 Å². The molecule has 0 saturated heterocycles. The Bertz CT molecular complexity index is 861. The number of hydrogen-bond acceptors (Lipinski definition) is 4. The van der Waals surface area contributed by atoms with Gasteiger partial charge in [0.05, 0.1) is 25.8 Å². The number of esters is 1. The minimum Gasteiger partial charge on any atom is -0.467 e. The number of azide groups is 1. The van der Waals surface area contributed by atoms with Gasteiger partial charge in [0.2, 0.25) is 5.91 Å². The first-order chi connectivity index (χ1) is 13.0. The zero-order valence-corrected chi connectivity index (χ0v) is 15.6. The number of anilines is 1. The van der Waals surface area contributed by atoms with Gasteiger partial charge in [-0.05, 0) is 36.1 Å². The lowest BCUT2D eigenvalue weighted by atomic mass is 10.0. The van der Waals surface area contributed by atoms with Crippen molar-refractivity contribution in [3.05, 3.63) is 75.7 Å². The number of aryl methyl sites for hydroxylation is 1. The molecule has 0 heterocycles. The lowest BCUT2D eigenvalue weighted by Gasteiger charge is -2.31. The third-order valence-corrected chi connectivity index (χ3v) is 4.26. The van der Waals surface area contributed by atoms with Crippen molar-refractivity contribution in [2.75, 3.05) is 12.0 Å². The minimum absolute atomic E-state index is 0.0799. The van der Waals surface area contributed by atoms with Crippen LogP contribution in [-0.2, 0) is 27.3 Å². The standard InChI is InChI=1S/C20H22N4O3/c1-14-8-7-11-17(13-22-23-21)19(14)24(15(2)20(26)27-3)18(25)12-16-9-5-4-6-10-16/h4-11,15H,12-13H2,1-3H3. The molecule has 0 bridgehead atoms. The van der Waals surface area contributed by atoms with E-state index in [2.05, 4.69) is 10.0 Å². The highest BCUT2D eigenvalue weighted by Gasteiger charge is 2.30. The molecule has 2 rings (SSSR count). The zero-order chi connectivity index (χ0) is 19.8. The second-order valence-corrected chi connectivity index (χ2v) is 6.10. The molecule has 0 fully saturated rings. The monoisotopic (exact) mass is 366 g/mol. The summed E-state index contributed by atoms with van der Waals surface area (Å²) in [6, 6.07) is 13.9. The summed E-state index contributed by atoms with van der Waals surface area (Å²) in [5.41, 5.74) is 11.6. The van der Waals surface area contributed by atoms with E-state index in [4.69, 9.17) is 10.3 Å². The average molecular weight is 366 g/mol. The van der Waals surface area contributed by atoms with Crippen molar-refractivity contribution >= 4 is 17.6 Å². The molecule has 7 heteroatoms. The third-order valence-electron chi connectivity index (χ3n) is 4.26. The zero-order valence-electron chi connectivity index (χ0n) is 15.6. The number of carbonyl (C=O) groups is 2. The molecule has 1 unspecified atom stereocenters. The van der Waals surface area contributed by atoms with Crippen LogP contribution in [0.4, 0.5) is 5.69 Å². The Morgan fingerprint density at radius 2 is 1.89 bits per heavy atom. The number of methoxy groups -OCH3 is 1. The summed E-state index contributed by atoms with van der Waals surface area (Å²) in [4.78, 5) is 29.6. The van der Waals surface area contributed by atoms with Gasteiger partial charge in [-0.1, -0.05) is 53.6 Å². The van der Waals surface area contributed by atoms with Crippen LogP contribution in [-0.4, -0.2) is 25.0 Å². The van der Waals surface area contributed by atoms with Gasteiger partial charge in [0.25, 0.3) is 0 Å². The molecule has 0 N–H and O–H groups in total. The van der Waals surface area contributed by atoms with E-state index in [1.54, 1.807) is 13.0 Å². The maximum Gasteiger partial charge on any atom is 0.328 e. The van der Waals surface area contributed by atoms with Crippen LogP contribution in [0, 0.1) is 6.92 Å². The van der Waals surface area contributed by atoms with Crippen LogP contribution in [0.15, 0.2) is 53.6 Å². The van der Waals surface area contributed by atoms with E-state index in [9.17, 15) is 9.59 Å². The Hall–Kier alpha value is -3.31. The quantitative estimate of drug-likeness (QED) is 0.321. The van der Waals surface area contributed by atoms with Gasteiger partial charge in [0.15, 0.2) is 0 Å². The Balaban J connectivity index is 2.51. The fourth-order valence-corrected chi connectivity index (χ4v) is 2.97. The number of rotatable bonds is 7. The smallest absolute Gasteiger partial charge is 0.328 e. The van der Waals surface area contributed by atoms with E-state index in [0.29, 0.717) is 11.3 Å². The van der Waals surface area contributed by atoms with Gasteiger partial charge in [-0.25, -0.2) is 4.79 Å². The van der Waals surface area contributed by atoms with Crippen LogP contribution >= 0.6 is 0 Å². The van der Waals surface area contributed by atoms with Crippen molar-refractivity contribution in [2.24, 2.45) is 5.11 Å². The van der Waals surface area contributed by atoms with Crippen molar-refractivity contribution < 1.29 is 14.3 Å². The predicted molar refractivity (Wildman–Crippen MR) is 103 cm³/mol. The fraction of sp³-hybridized carbons (Fsp3) is 0.300. The average Bonchev–Trinajstić information content (AvgIpc) is 2.68. The Kier molecular flexibility index (Phi) is 6.97. The maximum atomic E-state index is 13.2. The van der Waals surface area contributed by atoms with Gasteiger partial charge in [-0.2, -0.15) is 0 Å². The minimum atomic E-state index is -0.822. The molecule has 1 atom stereocenters. The van der Waals surface area contributed by atoms with Crippen molar-refractivity contribution in [1.82, 2.24) is 0 Å². The summed E-state index contributed by atoms with van der Waals surface area (Å²) in [5.74, 6) is -0.759. The van der Waals surface area contributed by atoms with Gasteiger partial charge in [0.1, 0.15) is 6.04 Å². The number of ether oxygens (including phenoxy) is 1. The van der Waals surface area contributed by atoms with Crippen LogP contribution in [0.1, 0.15) is 23.6 Å². The molecule has 7 nitrogen and oxygen atoms in total. The van der Waals surface area contributed by atoms with Crippen molar-refractivity contribution in [2.45, 2.75) is 32.9 Å². The number of benzene rings is 2. The van der Waals surface area contributed by atoms with Crippen molar-refractivity contribution in [1.29, 1.82) is 0 Å². The molecular formula is C20H22N4O3. The van der Waals surface area contributed by atoms with Gasteiger partial charge in [-0.15, -0.1) is 0 Å². The van der Waals surface area contributed by atoms with E-state index in [1.807, 2.05) is 49.4 Å². The summed E-state index contributed by atoms with van der Waals surface area (Å²) in [6.45, 7) is 3.55. The molecule has 0 aliphatic rings. The van der Waals surface area contributed by atoms with E-state index in [1.165, 1.54) is 12.0 Å². The maximum absolute atomic E-state index is 13.2. The number of para-hydroxylation sites is 1. The third kappa shape index (κ3) is 4.86. The van der Waals surface area contributed by atoms with Crippen LogP contribution in [0.5, 0.6) is 0 Å². The first-order valence-electron chi connectivity index (χ1n) is 8.52. The van der Waals surface area contributed by atoms with Gasteiger partial charge < -0.3 is 4.74 Å². The number of nitrogens with zero attached hydrogens (tertiary/aromatic N) is 4. The van der Waals surface area contributed by atoms with Crippen molar-refractivity contribution in [3.8, 4) is 0 Å². The molecule has 27 heavy (non-hydrogen) atoms. The predicted octanol–water partition coefficient (Wildman–Crippen LogP) is 3.94. The molecule has 0 aromatic heterocycles. The second kappa shape index (κ2) is 9.40. The summed E-state index contributed by atoms with van der Waals surface area (Å²) in [5, 5.41) is 3.62.